The van der Waals surface area contributed by atoms with Crippen molar-refractivity contribution >= 4 is 23.0 Å². The number of hydrogen-bond acceptors (Lipinski definition) is 3. The van der Waals surface area contributed by atoms with Gasteiger partial charge in [0.05, 0.1) is 12.8 Å². The highest BCUT2D eigenvalue weighted by atomic mass is 35.5. The summed E-state index contributed by atoms with van der Waals surface area (Å²) in [7, 11) is 1.58. The molecule has 0 saturated heterocycles. The van der Waals surface area contributed by atoms with Crippen LogP contribution in [0, 0.1) is 0 Å². The van der Waals surface area contributed by atoms with Crippen LogP contribution in [-0.2, 0) is 0 Å². The predicted octanol–water partition coefficient (Wildman–Crippen LogP) is 4.76. The van der Waals surface area contributed by atoms with E-state index in [2.05, 4.69) is 10.2 Å². The van der Waals surface area contributed by atoms with Crippen LogP contribution < -0.4 is 4.74 Å². The van der Waals surface area contributed by atoms with Crippen LogP contribution in [0.25, 0.3) is 0 Å². The second kappa shape index (κ2) is 5.46. The molecule has 2 aromatic rings. The van der Waals surface area contributed by atoms with Crippen molar-refractivity contribution in [2.75, 3.05) is 7.11 Å². The Morgan fingerprint density at radius 1 is 1.00 bits per heavy atom. The Balaban J connectivity index is 2.27. The van der Waals surface area contributed by atoms with Gasteiger partial charge in [0, 0.05) is 11.1 Å². The van der Waals surface area contributed by atoms with Crippen LogP contribution in [0.5, 0.6) is 5.75 Å². The molecular formula is C13H11ClN2O. The lowest BCUT2D eigenvalue weighted by Gasteiger charge is -2.03. The SMILES string of the molecule is COc1cc(Cl)ccc1N=Nc1ccccc1. The summed E-state index contributed by atoms with van der Waals surface area (Å²) in [6.07, 6.45) is 0. The summed E-state index contributed by atoms with van der Waals surface area (Å²) in [4.78, 5) is 0. The Hall–Kier alpha value is -1.87. The highest BCUT2D eigenvalue weighted by Crippen LogP contribution is 2.31. The summed E-state index contributed by atoms with van der Waals surface area (Å²) in [5.41, 5.74) is 1.45. The number of rotatable bonds is 3. The standard InChI is InChI=1S/C13H11ClN2O/c1-17-13-9-10(14)7-8-12(13)16-15-11-5-3-2-4-6-11/h2-9H,1H3. The molecule has 17 heavy (non-hydrogen) atoms. The van der Waals surface area contributed by atoms with Crippen LogP contribution in [0.3, 0.4) is 0 Å². The first-order chi connectivity index (χ1) is 8.29. The van der Waals surface area contributed by atoms with E-state index in [1.165, 1.54) is 0 Å². The van der Waals surface area contributed by atoms with Gasteiger partial charge in [0.25, 0.3) is 0 Å². The van der Waals surface area contributed by atoms with Gasteiger partial charge in [-0.3, -0.25) is 0 Å². The van der Waals surface area contributed by atoms with Crippen molar-refractivity contribution in [1.82, 2.24) is 0 Å². The van der Waals surface area contributed by atoms with Crippen molar-refractivity contribution in [1.29, 1.82) is 0 Å². The van der Waals surface area contributed by atoms with E-state index < -0.39 is 0 Å². The van der Waals surface area contributed by atoms with E-state index in [-0.39, 0.29) is 0 Å². The van der Waals surface area contributed by atoms with Gasteiger partial charge >= 0.3 is 0 Å². The first-order valence-electron chi connectivity index (χ1n) is 5.10. The number of halogens is 1. The van der Waals surface area contributed by atoms with E-state index in [1.807, 2.05) is 30.3 Å². The van der Waals surface area contributed by atoms with E-state index in [0.717, 1.165) is 5.69 Å². The van der Waals surface area contributed by atoms with Gasteiger partial charge in [0.2, 0.25) is 0 Å². The van der Waals surface area contributed by atoms with Crippen LogP contribution in [0.4, 0.5) is 11.4 Å². The Bertz CT molecular complexity index is 526. The van der Waals surface area contributed by atoms with Gasteiger partial charge in [-0.2, -0.15) is 5.11 Å². The minimum atomic E-state index is 0.609. The zero-order valence-corrected chi connectivity index (χ0v) is 10.1. The average molecular weight is 247 g/mol. The average Bonchev–Trinajstić information content (AvgIpc) is 2.38. The molecule has 0 saturated carbocycles. The molecule has 0 aliphatic heterocycles. The van der Waals surface area contributed by atoms with Gasteiger partial charge in [-0.25, -0.2) is 0 Å². The lowest BCUT2D eigenvalue weighted by molar-refractivity contribution is 0.416. The van der Waals surface area contributed by atoms with Gasteiger partial charge in [-0.1, -0.05) is 29.8 Å². The summed E-state index contributed by atoms with van der Waals surface area (Å²) >= 11 is 5.86. The molecular weight excluding hydrogens is 236 g/mol. The molecule has 0 bridgehead atoms. The zero-order chi connectivity index (χ0) is 12.1. The zero-order valence-electron chi connectivity index (χ0n) is 9.30. The molecule has 0 N–H and O–H groups in total. The maximum absolute atomic E-state index is 5.86. The molecule has 86 valence electrons. The summed E-state index contributed by atoms with van der Waals surface area (Å²) in [5, 5.41) is 8.86. The summed E-state index contributed by atoms with van der Waals surface area (Å²) in [6.45, 7) is 0. The van der Waals surface area contributed by atoms with Crippen molar-refractivity contribution in [3.8, 4) is 5.75 Å². The smallest absolute Gasteiger partial charge is 0.147 e. The summed E-state index contributed by atoms with van der Waals surface area (Å²) < 4.78 is 5.18. The van der Waals surface area contributed by atoms with Crippen LogP contribution in [0.1, 0.15) is 0 Å². The molecule has 0 unspecified atom stereocenters. The summed E-state index contributed by atoms with van der Waals surface area (Å²) in [6, 6.07) is 14.7. The molecule has 0 aromatic heterocycles. The van der Waals surface area contributed by atoms with Crippen molar-refractivity contribution < 1.29 is 4.74 Å². The van der Waals surface area contributed by atoms with E-state index >= 15 is 0 Å². The van der Waals surface area contributed by atoms with Gasteiger partial charge in [-0.05, 0) is 24.3 Å². The van der Waals surface area contributed by atoms with Crippen LogP contribution in [0.15, 0.2) is 58.8 Å². The van der Waals surface area contributed by atoms with Crippen molar-refractivity contribution in [3.05, 3.63) is 53.6 Å². The maximum atomic E-state index is 5.86. The maximum Gasteiger partial charge on any atom is 0.147 e. The lowest BCUT2D eigenvalue weighted by atomic mass is 10.3. The Morgan fingerprint density at radius 2 is 1.76 bits per heavy atom. The minimum absolute atomic E-state index is 0.609. The molecule has 2 rings (SSSR count). The van der Waals surface area contributed by atoms with Crippen molar-refractivity contribution in [2.24, 2.45) is 10.2 Å². The fraction of sp³-hybridized carbons (Fsp3) is 0.0769. The van der Waals surface area contributed by atoms with E-state index in [1.54, 1.807) is 25.3 Å². The van der Waals surface area contributed by atoms with Gasteiger partial charge in [0.1, 0.15) is 11.4 Å². The molecule has 0 heterocycles. The van der Waals surface area contributed by atoms with E-state index in [4.69, 9.17) is 16.3 Å². The lowest BCUT2D eigenvalue weighted by Crippen LogP contribution is -1.82. The summed E-state index contributed by atoms with van der Waals surface area (Å²) in [5.74, 6) is 0.609. The molecule has 0 aliphatic rings. The second-order valence-electron chi connectivity index (χ2n) is 3.35. The molecule has 2 aromatic carbocycles. The quantitative estimate of drug-likeness (QED) is 0.719. The van der Waals surface area contributed by atoms with Crippen LogP contribution in [0.2, 0.25) is 5.02 Å². The van der Waals surface area contributed by atoms with Gasteiger partial charge in [-0.15, -0.1) is 5.11 Å². The third-order valence-electron chi connectivity index (χ3n) is 2.17. The third kappa shape index (κ3) is 3.04. The number of nitrogens with zero attached hydrogens (tertiary/aromatic N) is 2. The van der Waals surface area contributed by atoms with Crippen molar-refractivity contribution in [2.45, 2.75) is 0 Å². The number of benzene rings is 2. The highest BCUT2D eigenvalue weighted by Gasteiger charge is 2.02. The normalized spacial score (nSPS) is 10.7. The fourth-order valence-electron chi connectivity index (χ4n) is 1.34. The fourth-order valence-corrected chi connectivity index (χ4v) is 1.50. The van der Waals surface area contributed by atoms with Crippen LogP contribution >= 0.6 is 11.6 Å². The third-order valence-corrected chi connectivity index (χ3v) is 2.41. The number of ether oxygens (including phenoxy) is 1. The predicted molar refractivity (Wildman–Crippen MR) is 68.6 cm³/mol. The molecule has 0 amide bonds. The molecule has 0 aliphatic carbocycles. The highest BCUT2D eigenvalue weighted by molar-refractivity contribution is 6.30. The molecule has 0 fully saturated rings. The number of hydrogen-bond donors (Lipinski definition) is 0. The molecule has 0 radical (unpaired) electrons. The monoisotopic (exact) mass is 246 g/mol. The molecule has 0 spiro atoms. The van der Waals surface area contributed by atoms with Gasteiger partial charge < -0.3 is 4.74 Å². The largest absolute Gasteiger partial charge is 0.494 e. The topological polar surface area (TPSA) is 34.0 Å². The second-order valence-corrected chi connectivity index (χ2v) is 3.79. The minimum Gasteiger partial charge on any atom is -0.494 e. The van der Waals surface area contributed by atoms with E-state index in [0.29, 0.717) is 16.5 Å². The molecule has 4 heteroatoms. The Labute approximate surface area is 105 Å². The Morgan fingerprint density at radius 3 is 2.47 bits per heavy atom. The molecule has 0 atom stereocenters. The number of methoxy groups -OCH3 is 1. The first kappa shape index (κ1) is 11.6. The van der Waals surface area contributed by atoms with Crippen molar-refractivity contribution in [3.63, 3.8) is 0 Å². The molecule has 3 nitrogen and oxygen atoms in total. The van der Waals surface area contributed by atoms with Gasteiger partial charge in [0.15, 0.2) is 0 Å². The van der Waals surface area contributed by atoms with E-state index in [9.17, 15) is 0 Å². The van der Waals surface area contributed by atoms with Crippen LogP contribution in [-0.4, -0.2) is 7.11 Å². The first-order valence-corrected chi connectivity index (χ1v) is 5.48. The Kier molecular flexibility index (Phi) is 3.73. The number of azo groups is 1.